The van der Waals surface area contributed by atoms with Crippen molar-refractivity contribution in [2.75, 3.05) is 6.61 Å². The molecule has 2 atom stereocenters. The van der Waals surface area contributed by atoms with Gasteiger partial charge in [-0.3, -0.25) is 0 Å². The highest BCUT2D eigenvalue weighted by Gasteiger charge is 2.38. The second-order valence-corrected chi connectivity index (χ2v) is 3.25. The first kappa shape index (κ1) is 10.5. The van der Waals surface area contributed by atoms with Gasteiger partial charge in [0, 0.05) is 0 Å². The minimum Gasteiger partial charge on any atom is -0.463 e. The van der Waals surface area contributed by atoms with Crippen LogP contribution >= 0.6 is 0 Å². The lowest BCUT2D eigenvalue weighted by molar-refractivity contribution is -0.155. The average molecular weight is 182 g/mol. The standard InChI is InChI=1S/C5H10O5S/c1-3-10-4(6)5(2,7)11(8)9/h7H,3H2,1-2H3,(H,8,9). The molecular weight excluding hydrogens is 172 g/mol. The van der Waals surface area contributed by atoms with Crippen molar-refractivity contribution in [3.8, 4) is 0 Å². The van der Waals surface area contributed by atoms with Crippen LogP contribution in [0.1, 0.15) is 13.8 Å². The molecule has 0 aromatic heterocycles. The van der Waals surface area contributed by atoms with Gasteiger partial charge >= 0.3 is 5.97 Å². The lowest BCUT2D eigenvalue weighted by atomic mass is 10.4. The Bertz CT molecular complexity index is 176. The zero-order valence-electron chi connectivity index (χ0n) is 6.23. The van der Waals surface area contributed by atoms with Gasteiger partial charge in [-0.05, 0) is 13.8 Å². The maximum atomic E-state index is 10.7. The van der Waals surface area contributed by atoms with Crippen LogP contribution in [-0.2, 0) is 20.6 Å². The van der Waals surface area contributed by atoms with Gasteiger partial charge in [0.1, 0.15) is 0 Å². The average Bonchev–Trinajstić information content (AvgIpc) is 1.88. The van der Waals surface area contributed by atoms with Gasteiger partial charge in [0.05, 0.1) is 6.61 Å². The van der Waals surface area contributed by atoms with E-state index in [1.54, 1.807) is 0 Å². The van der Waals surface area contributed by atoms with Crippen molar-refractivity contribution >= 4 is 17.0 Å². The van der Waals surface area contributed by atoms with E-state index in [2.05, 4.69) is 4.74 Å². The van der Waals surface area contributed by atoms with Gasteiger partial charge in [-0.15, -0.1) is 0 Å². The summed E-state index contributed by atoms with van der Waals surface area (Å²) >= 11 is -2.63. The predicted octanol–water partition coefficient (Wildman–Crippen LogP) is -0.520. The molecular formula is C5H10O5S. The molecule has 0 aliphatic heterocycles. The van der Waals surface area contributed by atoms with Crippen LogP contribution in [0, 0.1) is 0 Å². The van der Waals surface area contributed by atoms with Crippen LogP contribution < -0.4 is 0 Å². The third-order valence-electron chi connectivity index (χ3n) is 0.994. The molecule has 0 aromatic rings. The van der Waals surface area contributed by atoms with Crippen molar-refractivity contribution in [3.05, 3.63) is 0 Å². The maximum Gasteiger partial charge on any atom is 0.353 e. The molecule has 0 radical (unpaired) electrons. The highest BCUT2D eigenvalue weighted by Crippen LogP contribution is 2.09. The van der Waals surface area contributed by atoms with E-state index in [-0.39, 0.29) is 6.61 Å². The number of carbonyl (C=O) groups is 1. The molecule has 11 heavy (non-hydrogen) atoms. The van der Waals surface area contributed by atoms with Crippen molar-refractivity contribution in [1.82, 2.24) is 0 Å². The van der Waals surface area contributed by atoms with E-state index in [9.17, 15) is 9.00 Å². The lowest BCUT2D eigenvalue weighted by Crippen LogP contribution is -2.40. The highest BCUT2D eigenvalue weighted by atomic mass is 32.2. The number of ether oxygens (including phenoxy) is 1. The Labute approximate surface area is 66.6 Å². The second-order valence-electron chi connectivity index (χ2n) is 1.95. The van der Waals surface area contributed by atoms with Crippen molar-refractivity contribution < 1.29 is 23.4 Å². The molecule has 0 saturated heterocycles. The summed E-state index contributed by atoms with van der Waals surface area (Å²) in [6.45, 7) is 2.52. The maximum absolute atomic E-state index is 10.7. The summed E-state index contributed by atoms with van der Waals surface area (Å²) in [7, 11) is 0. The number of hydrogen-bond acceptors (Lipinski definition) is 4. The first-order valence-corrected chi connectivity index (χ1v) is 4.04. The predicted molar refractivity (Wildman–Crippen MR) is 38.0 cm³/mol. The first-order chi connectivity index (χ1) is 4.92. The van der Waals surface area contributed by atoms with Crippen LogP contribution in [0.5, 0.6) is 0 Å². The fourth-order valence-electron chi connectivity index (χ4n) is 0.336. The summed E-state index contributed by atoms with van der Waals surface area (Å²) in [5.74, 6) is -1.10. The van der Waals surface area contributed by atoms with Gasteiger partial charge in [0.25, 0.3) is 4.93 Å². The Hall–Kier alpha value is -0.460. The summed E-state index contributed by atoms with van der Waals surface area (Å²) in [6, 6.07) is 0. The molecule has 0 spiro atoms. The molecule has 0 bridgehead atoms. The van der Waals surface area contributed by atoms with Crippen molar-refractivity contribution in [2.24, 2.45) is 0 Å². The van der Waals surface area contributed by atoms with E-state index in [0.29, 0.717) is 0 Å². The van der Waals surface area contributed by atoms with Gasteiger partial charge in [-0.1, -0.05) is 0 Å². The van der Waals surface area contributed by atoms with E-state index in [1.165, 1.54) is 6.92 Å². The smallest absolute Gasteiger partial charge is 0.353 e. The number of esters is 1. The van der Waals surface area contributed by atoms with Crippen LogP contribution in [0.25, 0.3) is 0 Å². The van der Waals surface area contributed by atoms with Crippen LogP contribution in [0.3, 0.4) is 0 Å². The lowest BCUT2D eigenvalue weighted by Gasteiger charge is -2.15. The summed E-state index contributed by atoms with van der Waals surface area (Å²) in [5.41, 5.74) is 0. The topological polar surface area (TPSA) is 83.8 Å². The van der Waals surface area contributed by atoms with Crippen molar-refractivity contribution in [2.45, 2.75) is 18.8 Å². The van der Waals surface area contributed by atoms with Crippen molar-refractivity contribution in [1.29, 1.82) is 0 Å². The summed E-state index contributed by atoms with van der Waals surface area (Å²) in [6.07, 6.45) is 0. The second kappa shape index (κ2) is 3.80. The molecule has 6 heteroatoms. The van der Waals surface area contributed by atoms with Crippen molar-refractivity contribution in [3.63, 3.8) is 0 Å². The first-order valence-electron chi connectivity index (χ1n) is 2.93. The quantitative estimate of drug-likeness (QED) is 0.453. The minimum atomic E-state index is -2.63. The molecule has 2 unspecified atom stereocenters. The molecule has 0 aromatic carbocycles. The van der Waals surface area contributed by atoms with Gasteiger partial charge in [-0.25, -0.2) is 9.00 Å². The number of hydrogen-bond donors (Lipinski definition) is 2. The SMILES string of the molecule is CCOC(=O)C(C)(O)S(=O)O. The Kier molecular flexibility index (Phi) is 3.64. The molecule has 0 heterocycles. The van der Waals surface area contributed by atoms with Crippen LogP contribution in [-0.4, -0.2) is 31.4 Å². The van der Waals surface area contributed by atoms with E-state index in [4.69, 9.17) is 9.66 Å². The van der Waals surface area contributed by atoms with E-state index in [1.807, 2.05) is 0 Å². The highest BCUT2D eigenvalue weighted by molar-refractivity contribution is 7.81. The molecule has 0 amide bonds. The van der Waals surface area contributed by atoms with Crippen LogP contribution in [0.15, 0.2) is 0 Å². The number of rotatable bonds is 3. The molecule has 66 valence electrons. The Balaban J connectivity index is 4.30. The fourth-order valence-corrected chi connectivity index (χ4v) is 0.538. The zero-order valence-corrected chi connectivity index (χ0v) is 7.05. The molecule has 0 rings (SSSR count). The van der Waals surface area contributed by atoms with E-state index in [0.717, 1.165) is 6.92 Å². The van der Waals surface area contributed by atoms with Crippen LogP contribution in [0.2, 0.25) is 0 Å². The molecule has 0 saturated carbocycles. The Morgan fingerprint density at radius 3 is 2.45 bits per heavy atom. The monoisotopic (exact) mass is 182 g/mol. The third-order valence-corrected chi connectivity index (χ3v) is 1.84. The summed E-state index contributed by atoms with van der Waals surface area (Å²) < 4.78 is 23.0. The molecule has 0 aliphatic rings. The number of carbonyl (C=O) groups excluding carboxylic acids is 1. The molecule has 5 nitrogen and oxygen atoms in total. The Morgan fingerprint density at radius 1 is 1.73 bits per heavy atom. The normalized spacial score (nSPS) is 18.5. The van der Waals surface area contributed by atoms with Crippen LogP contribution in [0.4, 0.5) is 0 Å². The molecule has 0 fully saturated rings. The van der Waals surface area contributed by atoms with E-state index < -0.39 is 22.0 Å². The fraction of sp³-hybridized carbons (Fsp3) is 0.800. The van der Waals surface area contributed by atoms with Gasteiger partial charge in [0.2, 0.25) is 0 Å². The largest absolute Gasteiger partial charge is 0.463 e. The molecule has 0 aliphatic carbocycles. The van der Waals surface area contributed by atoms with Gasteiger partial charge < -0.3 is 14.4 Å². The summed E-state index contributed by atoms with van der Waals surface area (Å²) in [5, 5.41) is 8.97. The zero-order chi connectivity index (χ0) is 9.07. The third kappa shape index (κ3) is 2.57. The summed E-state index contributed by atoms with van der Waals surface area (Å²) in [4.78, 5) is 8.36. The Morgan fingerprint density at radius 2 is 2.18 bits per heavy atom. The van der Waals surface area contributed by atoms with Gasteiger partial charge in [-0.2, -0.15) is 0 Å². The van der Waals surface area contributed by atoms with Gasteiger partial charge in [0.15, 0.2) is 11.1 Å². The number of aliphatic hydroxyl groups is 1. The molecule has 2 N–H and O–H groups in total. The minimum absolute atomic E-state index is 0.0617. The van der Waals surface area contributed by atoms with E-state index >= 15 is 0 Å².